The molecule has 0 saturated heterocycles. The van der Waals surface area contributed by atoms with E-state index in [4.69, 9.17) is 14.2 Å². The average Bonchev–Trinajstić information content (AvgIpc) is 3.23. The van der Waals surface area contributed by atoms with Crippen molar-refractivity contribution in [1.29, 1.82) is 0 Å². The smallest absolute Gasteiger partial charge is 0.306 e. The Hall–Kier alpha value is -1.59. The molecule has 0 amide bonds. The first-order valence-electron chi connectivity index (χ1n) is 26.4. The van der Waals surface area contributed by atoms with Gasteiger partial charge in [-0.25, -0.2) is 0 Å². The van der Waals surface area contributed by atoms with Gasteiger partial charge in [-0.1, -0.05) is 259 Å². The van der Waals surface area contributed by atoms with Gasteiger partial charge in [-0.2, -0.15) is 0 Å². The lowest BCUT2D eigenvalue weighted by molar-refractivity contribution is -0.167. The fourth-order valence-corrected chi connectivity index (χ4v) is 8.01. The Morgan fingerprint density at radius 2 is 0.593 bits per heavy atom. The molecular formula is C53H102O6. The lowest BCUT2D eigenvalue weighted by atomic mass is 9.99. The summed E-state index contributed by atoms with van der Waals surface area (Å²) in [6.45, 7) is 9.04. The van der Waals surface area contributed by atoms with Crippen molar-refractivity contribution < 1.29 is 28.6 Å². The molecule has 59 heavy (non-hydrogen) atoms. The molecule has 0 spiro atoms. The Kier molecular flexibility index (Phi) is 46.2. The van der Waals surface area contributed by atoms with Gasteiger partial charge in [0, 0.05) is 19.3 Å². The summed E-state index contributed by atoms with van der Waals surface area (Å²) in [7, 11) is 0. The number of carbonyl (C=O) groups is 3. The molecule has 6 heteroatoms. The Labute approximate surface area is 368 Å². The van der Waals surface area contributed by atoms with E-state index in [1.54, 1.807) is 0 Å². The summed E-state index contributed by atoms with van der Waals surface area (Å²) in [5, 5.41) is 0. The van der Waals surface area contributed by atoms with Crippen molar-refractivity contribution in [3.8, 4) is 0 Å². The Morgan fingerprint density at radius 1 is 0.339 bits per heavy atom. The van der Waals surface area contributed by atoms with E-state index >= 15 is 0 Å². The number of esters is 3. The molecule has 0 aliphatic heterocycles. The molecule has 1 unspecified atom stereocenters. The van der Waals surface area contributed by atoms with Crippen molar-refractivity contribution in [3.05, 3.63) is 0 Å². The zero-order valence-corrected chi connectivity index (χ0v) is 40.2. The van der Waals surface area contributed by atoms with Crippen LogP contribution in [0.15, 0.2) is 0 Å². The molecule has 0 fully saturated rings. The molecule has 0 aromatic rings. The molecule has 0 radical (unpaired) electrons. The quantitative estimate of drug-likeness (QED) is 0.0345. The summed E-state index contributed by atoms with van der Waals surface area (Å²) in [5.41, 5.74) is 0. The van der Waals surface area contributed by atoms with E-state index in [0.717, 1.165) is 63.7 Å². The standard InChI is InChI=1S/C53H102O6/c1-5-8-10-12-14-16-18-19-20-21-22-23-24-29-32-36-40-44-51(54)57-47-50(59-53(56)46-42-38-34-28-17-15-13-11-9-6-2)48-58-52(55)45-41-37-33-30-26-25-27-31-35-39-43-49(4)7-3/h49-50H,5-48H2,1-4H3/t49?,50-/m0/s1. The Bertz CT molecular complexity index is 889. The SMILES string of the molecule is CCCCCCCCCCCCCCCCCCCC(=O)OC[C@@H](COC(=O)CCCCCCCCCCCCC(C)CC)OC(=O)CCCCCCCCCCCC. The maximum Gasteiger partial charge on any atom is 0.306 e. The Balaban J connectivity index is 4.25. The first-order chi connectivity index (χ1) is 28.9. The molecular weight excluding hydrogens is 733 g/mol. The summed E-state index contributed by atoms with van der Waals surface area (Å²) < 4.78 is 16.8. The van der Waals surface area contributed by atoms with E-state index in [0.29, 0.717) is 19.3 Å². The second-order valence-corrected chi connectivity index (χ2v) is 18.4. The van der Waals surface area contributed by atoms with Gasteiger partial charge in [0.2, 0.25) is 0 Å². The normalized spacial score (nSPS) is 12.4. The van der Waals surface area contributed by atoms with Crippen LogP contribution in [0.25, 0.3) is 0 Å². The first kappa shape index (κ1) is 57.4. The summed E-state index contributed by atoms with van der Waals surface area (Å²) in [5.74, 6) is 0.0247. The van der Waals surface area contributed by atoms with E-state index in [-0.39, 0.29) is 31.1 Å². The molecule has 350 valence electrons. The molecule has 0 aliphatic rings. The van der Waals surface area contributed by atoms with Crippen LogP contribution in [0.2, 0.25) is 0 Å². The molecule has 2 atom stereocenters. The predicted octanol–water partition coefficient (Wildman–Crippen LogP) is 17.1. The van der Waals surface area contributed by atoms with Gasteiger partial charge >= 0.3 is 17.9 Å². The lowest BCUT2D eigenvalue weighted by Gasteiger charge is -2.18. The third-order valence-electron chi connectivity index (χ3n) is 12.4. The van der Waals surface area contributed by atoms with Gasteiger partial charge in [0.1, 0.15) is 13.2 Å². The molecule has 6 nitrogen and oxygen atoms in total. The highest BCUT2D eigenvalue weighted by Gasteiger charge is 2.19. The van der Waals surface area contributed by atoms with Crippen molar-refractivity contribution >= 4 is 17.9 Å². The van der Waals surface area contributed by atoms with Crippen LogP contribution in [-0.2, 0) is 28.6 Å². The lowest BCUT2D eigenvalue weighted by Crippen LogP contribution is -2.30. The minimum atomic E-state index is -0.760. The topological polar surface area (TPSA) is 78.9 Å². The average molecular weight is 835 g/mol. The van der Waals surface area contributed by atoms with Gasteiger partial charge in [0.25, 0.3) is 0 Å². The fraction of sp³-hybridized carbons (Fsp3) is 0.943. The fourth-order valence-electron chi connectivity index (χ4n) is 8.01. The summed E-state index contributed by atoms with van der Waals surface area (Å²) in [6, 6.07) is 0. The molecule has 0 saturated carbocycles. The predicted molar refractivity (Wildman–Crippen MR) is 252 cm³/mol. The van der Waals surface area contributed by atoms with Crippen LogP contribution in [0.3, 0.4) is 0 Å². The van der Waals surface area contributed by atoms with Crippen LogP contribution in [0.5, 0.6) is 0 Å². The summed E-state index contributed by atoms with van der Waals surface area (Å²) >= 11 is 0. The largest absolute Gasteiger partial charge is 0.462 e. The molecule has 0 aromatic heterocycles. The van der Waals surface area contributed by atoms with E-state index < -0.39 is 6.10 Å². The molecule has 0 aliphatic carbocycles. The molecule has 0 heterocycles. The van der Waals surface area contributed by atoms with Gasteiger partial charge in [-0.3, -0.25) is 14.4 Å². The van der Waals surface area contributed by atoms with Crippen molar-refractivity contribution in [2.24, 2.45) is 5.92 Å². The zero-order chi connectivity index (χ0) is 43.1. The van der Waals surface area contributed by atoms with E-state index in [2.05, 4.69) is 27.7 Å². The first-order valence-corrected chi connectivity index (χ1v) is 26.4. The number of unbranched alkanes of at least 4 members (excludes halogenated alkanes) is 34. The van der Waals surface area contributed by atoms with Crippen LogP contribution in [0, 0.1) is 5.92 Å². The van der Waals surface area contributed by atoms with Gasteiger partial charge in [0.15, 0.2) is 6.10 Å². The van der Waals surface area contributed by atoms with E-state index in [1.807, 2.05) is 0 Å². The number of hydrogen-bond donors (Lipinski definition) is 0. The van der Waals surface area contributed by atoms with Crippen LogP contribution in [-0.4, -0.2) is 37.2 Å². The number of carbonyl (C=O) groups excluding carboxylic acids is 3. The monoisotopic (exact) mass is 835 g/mol. The minimum absolute atomic E-state index is 0.0628. The number of ether oxygens (including phenoxy) is 3. The summed E-state index contributed by atoms with van der Waals surface area (Å²) in [6.07, 6.45) is 49.4. The maximum atomic E-state index is 12.7. The minimum Gasteiger partial charge on any atom is -0.462 e. The number of hydrogen-bond acceptors (Lipinski definition) is 6. The van der Waals surface area contributed by atoms with Crippen molar-refractivity contribution in [2.75, 3.05) is 13.2 Å². The molecule has 0 aromatic carbocycles. The van der Waals surface area contributed by atoms with Crippen molar-refractivity contribution in [3.63, 3.8) is 0 Å². The van der Waals surface area contributed by atoms with E-state index in [9.17, 15) is 14.4 Å². The van der Waals surface area contributed by atoms with Crippen molar-refractivity contribution in [1.82, 2.24) is 0 Å². The van der Waals surface area contributed by atoms with Crippen LogP contribution < -0.4 is 0 Å². The highest BCUT2D eigenvalue weighted by Crippen LogP contribution is 2.18. The van der Waals surface area contributed by atoms with Crippen LogP contribution in [0.4, 0.5) is 0 Å². The molecule has 0 bridgehead atoms. The second kappa shape index (κ2) is 47.5. The van der Waals surface area contributed by atoms with E-state index in [1.165, 1.54) is 193 Å². The van der Waals surface area contributed by atoms with Crippen LogP contribution >= 0.6 is 0 Å². The number of rotatable bonds is 48. The zero-order valence-electron chi connectivity index (χ0n) is 40.2. The third kappa shape index (κ3) is 45.8. The Morgan fingerprint density at radius 3 is 0.881 bits per heavy atom. The second-order valence-electron chi connectivity index (χ2n) is 18.4. The van der Waals surface area contributed by atoms with Gasteiger partial charge in [-0.05, 0) is 25.2 Å². The van der Waals surface area contributed by atoms with Gasteiger partial charge in [-0.15, -0.1) is 0 Å². The van der Waals surface area contributed by atoms with Crippen LogP contribution in [0.1, 0.15) is 297 Å². The van der Waals surface area contributed by atoms with Gasteiger partial charge < -0.3 is 14.2 Å². The highest BCUT2D eigenvalue weighted by atomic mass is 16.6. The van der Waals surface area contributed by atoms with Gasteiger partial charge in [0.05, 0.1) is 0 Å². The summed E-state index contributed by atoms with van der Waals surface area (Å²) in [4.78, 5) is 37.9. The molecule has 0 N–H and O–H groups in total. The van der Waals surface area contributed by atoms with Crippen molar-refractivity contribution in [2.45, 2.75) is 303 Å². The highest BCUT2D eigenvalue weighted by molar-refractivity contribution is 5.71. The molecule has 0 rings (SSSR count). The maximum absolute atomic E-state index is 12.7. The third-order valence-corrected chi connectivity index (χ3v) is 12.4.